The average Bonchev–Trinajstić information content (AvgIpc) is 2.59. The van der Waals surface area contributed by atoms with Gasteiger partial charge in [0, 0.05) is 15.9 Å². The molecule has 0 saturated heterocycles. The molecular weight excluding hydrogens is 352 g/mol. The van der Waals surface area contributed by atoms with Crippen LogP contribution in [0.15, 0.2) is 26.5 Å². The van der Waals surface area contributed by atoms with Crippen LogP contribution in [-0.2, 0) is 0 Å². The molecule has 1 unspecified atom stereocenters. The molecule has 5 heteroatoms. The van der Waals surface area contributed by atoms with Crippen LogP contribution in [0.1, 0.15) is 24.3 Å². The van der Waals surface area contributed by atoms with Crippen molar-refractivity contribution in [3.05, 3.63) is 31.4 Å². The summed E-state index contributed by atoms with van der Waals surface area (Å²) < 4.78 is 2.22. The SMILES string of the molecule is C/C=C/CCNC(CN)c1cc(Br)c(Br)s1. The fourth-order valence-corrected chi connectivity index (χ4v) is 3.52. The lowest BCUT2D eigenvalue weighted by atomic mass is 10.2. The zero-order chi connectivity index (χ0) is 12.0. The van der Waals surface area contributed by atoms with Gasteiger partial charge in [-0.05, 0) is 57.8 Å². The lowest BCUT2D eigenvalue weighted by Gasteiger charge is -2.14. The quantitative estimate of drug-likeness (QED) is 0.592. The van der Waals surface area contributed by atoms with E-state index in [1.165, 1.54) is 4.88 Å². The normalized spacial score (nSPS) is 13.5. The first-order valence-corrected chi connectivity index (χ1v) is 7.58. The molecule has 90 valence electrons. The van der Waals surface area contributed by atoms with Gasteiger partial charge in [0.1, 0.15) is 0 Å². The molecule has 0 aliphatic rings. The van der Waals surface area contributed by atoms with Crippen LogP contribution in [0.2, 0.25) is 0 Å². The summed E-state index contributed by atoms with van der Waals surface area (Å²) in [6.07, 6.45) is 5.26. The van der Waals surface area contributed by atoms with Crippen LogP contribution in [0.3, 0.4) is 0 Å². The van der Waals surface area contributed by atoms with Gasteiger partial charge in [0.25, 0.3) is 0 Å². The molecule has 1 rings (SSSR count). The Morgan fingerprint density at radius 3 is 2.81 bits per heavy atom. The molecule has 2 nitrogen and oxygen atoms in total. The molecule has 0 aliphatic heterocycles. The molecule has 1 atom stereocenters. The smallest absolute Gasteiger partial charge is 0.0843 e. The molecule has 1 aromatic heterocycles. The monoisotopic (exact) mass is 366 g/mol. The van der Waals surface area contributed by atoms with Crippen molar-refractivity contribution in [1.29, 1.82) is 0 Å². The lowest BCUT2D eigenvalue weighted by Crippen LogP contribution is -2.28. The second-order valence-corrected chi connectivity index (χ2v) is 6.63. The molecule has 0 radical (unpaired) electrons. The molecule has 0 amide bonds. The number of halogens is 2. The van der Waals surface area contributed by atoms with E-state index >= 15 is 0 Å². The molecule has 1 heterocycles. The number of nitrogens with one attached hydrogen (secondary N) is 1. The largest absolute Gasteiger partial charge is 0.329 e. The van der Waals surface area contributed by atoms with Crippen molar-refractivity contribution in [2.24, 2.45) is 5.73 Å². The Hall–Kier alpha value is 0.320. The highest BCUT2D eigenvalue weighted by Gasteiger charge is 2.13. The van der Waals surface area contributed by atoms with Gasteiger partial charge in [-0.25, -0.2) is 0 Å². The van der Waals surface area contributed by atoms with Gasteiger partial charge < -0.3 is 11.1 Å². The van der Waals surface area contributed by atoms with Gasteiger partial charge in [-0.2, -0.15) is 0 Å². The Labute approximate surface area is 118 Å². The zero-order valence-electron chi connectivity index (χ0n) is 9.17. The Morgan fingerprint density at radius 1 is 1.56 bits per heavy atom. The van der Waals surface area contributed by atoms with Crippen molar-refractivity contribution in [2.75, 3.05) is 13.1 Å². The fourth-order valence-electron chi connectivity index (χ4n) is 1.34. The Morgan fingerprint density at radius 2 is 2.31 bits per heavy atom. The van der Waals surface area contributed by atoms with E-state index in [0.717, 1.165) is 21.2 Å². The van der Waals surface area contributed by atoms with Crippen LogP contribution >= 0.6 is 43.2 Å². The molecule has 16 heavy (non-hydrogen) atoms. The molecule has 0 aliphatic carbocycles. The van der Waals surface area contributed by atoms with E-state index in [1.807, 2.05) is 6.92 Å². The van der Waals surface area contributed by atoms with E-state index in [-0.39, 0.29) is 6.04 Å². The van der Waals surface area contributed by atoms with Gasteiger partial charge in [-0.15, -0.1) is 11.3 Å². The summed E-state index contributed by atoms with van der Waals surface area (Å²) in [6, 6.07) is 2.37. The predicted molar refractivity (Wildman–Crippen MR) is 78.9 cm³/mol. The number of hydrogen-bond donors (Lipinski definition) is 2. The molecular formula is C11H16Br2N2S. The summed E-state index contributed by atoms with van der Waals surface area (Å²) in [5, 5.41) is 3.45. The minimum atomic E-state index is 0.248. The van der Waals surface area contributed by atoms with E-state index in [2.05, 4.69) is 55.4 Å². The first-order chi connectivity index (χ1) is 7.69. The average molecular weight is 368 g/mol. The van der Waals surface area contributed by atoms with Gasteiger partial charge >= 0.3 is 0 Å². The molecule has 1 aromatic rings. The first kappa shape index (κ1) is 14.4. The summed E-state index contributed by atoms with van der Waals surface area (Å²) >= 11 is 8.71. The standard InChI is InChI=1S/C11H16Br2N2S/c1-2-3-4-5-15-9(7-14)10-6-8(12)11(13)16-10/h2-3,6,9,15H,4-5,7,14H2,1H3/b3-2+. The van der Waals surface area contributed by atoms with Gasteiger partial charge in [0.2, 0.25) is 0 Å². The van der Waals surface area contributed by atoms with Crippen molar-refractivity contribution in [3.63, 3.8) is 0 Å². The van der Waals surface area contributed by atoms with Crippen LogP contribution in [0.25, 0.3) is 0 Å². The van der Waals surface area contributed by atoms with E-state index in [9.17, 15) is 0 Å². The van der Waals surface area contributed by atoms with Crippen molar-refractivity contribution in [1.82, 2.24) is 5.32 Å². The Balaban J connectivity index is 2.53. The van der Waals surface area contributed by atoms with Crippen molar-refractivity contribution in [3.8, 4) is 0 Å². The minimum Gasteiger partial charge on any atom is -0.329 e. The zero-order valence-corrected chi connectivity index (χ0v) is 13.2. The van der Waals surface area contributed by atoms with Crippen molar-refractivity contribution < 1.29 is 0 Å². The summed E-state index contributed by atoms with van der Waals surface area (Å²) in [7, 11) is 0. The molecule has 0 saturated carbocycles. The summed E-state index contributed by atoms with van der Waals surface area (Å²) in [5.41, 5.74) is 5.77. The van der Waals surface area contributed by atoms with Crippen LogP contribution < -0.4 is 11.1 Å². The molecule has 0 bridgehead atoms. The van der Waals surface area contributed by atoms with Gasteiger partial charge in [-0.3, -0.25) is 0 Å². The van der Waals surface area contributed by atoms with Crippen LogP contribution in [0.4, 0.5) is 0 Å². The van der Waals surface area contributed by atoms with Crippen LogP contribution in [-0.4, -0.2) is 13.1 Å². The number of thiophene rings is 1. The third kappa shape index (κ3) is 4.30. The van der Waals surface area contributed by atoms with E-state index in [1.54, 1.807) is 11.3 Å². The molecule has 0 aromatic carbocycles. The summed E-state index contributed by atoms with van der Waals surface area (Å²) in [6.45, 7) is 3.61. The third-order valence-electron chi connectivity index (χ3n) is 2.18. The lowest BCUT2D eigenvalue weighted by molar-refractivity contribution is 0.556. The maximum Gasteiger partial charge on any atom is 0.0843 e. The Bertz CT molecular complexity index is 330. The van der Waals surface area contributed by atoms with Crippen molar-refractivity contribution >= 4 is 43.2 Å². The van der Waals surface area contributed by atoms with Crippen LogP contribution in [0, 0.1) is 0 Å². The second kappa shape index (κ2) is 7.61. The number of allylic oxidation sites excluding steroid dienone is 1. The fraction of sp³-hybridized carbons (Fsp3) is 0.455. The summed E-state index contributed by atoms with van der Waals surface area (Å²) in [5.74, 6) is 0. The molecule has 0 fully saturated rings. The van der Waals surface area contributed by atoms with E-state index < -0.39 is 0 Å². The summed E-state index contributed by atoms with van der Waals surface area (Å²) in [4.78, 5) is 1.27. The highest BCUT2D eigenvalue weighted by Crippen LogP contribution is 2.35. The van der Waals surface area contributed by atoms with Gasteiger partial charge in [0.15, 0.2) is 0 Å². The Kier molecular flexibility index (Phi) is 6.84. The number of rotatable bonds is 6. The van der Waals surface area contributed by atoms with E-state index in [0.29, 0.717) is 6.54 Å². The molecule has 0 spiro atoms. The predicted octanol–water partition coefficient (Wildman–Crippen LogP) is 3.83. The van der Waals surface area contributed by atoms with Crippen LogP contribution in [0.5, 0.6) is 0 Å². The highest BCUT2D eigenvalue weighted by atomic mass is 79.9. The van der Waals surface area contributed by atoms with Crippen molar-refractivity contribution in [2.45, 2.75) is 19.4 Å². The first-order valence-electron chi connectivity index (χ1n) is 5.18. The van der Waals surface area contributed by atoms with E-state index in [4.69, 9.17) is 5.73 Å². The topological polar surface area (TPSA) is 38.0 Å². The highest BCUT2D eigenvalue weighted by molar-refractivity contribution is 9.13. The number of nitrogens with two attached hydrogens (primary N) is 1. The van der Waals surface area contributed by atoms with Gasteiger partial charge in [-0.1, -0.05) is 12.2 Å². The maximum absolute atomic E-state index is 5.77. The van der Waals surface area contributed by atoms with Gasteiger partial charge in [0.05, 0.1) is 9.83 Å². The number of hydrogen-bond acceptors (Lipinski definition) is 3. The third-order valence-corrected chi connectivity index (χ3v) is 5.55. The second-order valence-electron chi connectivity index (χ2n) is 3.37. The minimum absolute atomic E-state index is 0.248. The molecule has 3 N–H and O–H groups in total. The maximum atomic E-state index is 5.77.